The van der Waals surface area contributed by atoms with E-state index in [1.807, 2.05) is 12.1 Å². The van der Waals surface area contributed by atoms with E-state index in [0.29, 0.717) is 54.5 Å². The Balaban J connectivity index is 1.77. The first-order chi connectivity index (χ1) is 18.1. The van der Waals surface area contributed by atoms with E-state index in [-0.39, 0.29) is 43.3 Å². The van der Waals surface area contributed by atoms with Crippen LogP contribution in [0.2, 0.25) is 10.0 Å². The lowest BCUT2D eigenvalue weighted by Crippen LogP contribution is -2.51. The number of benzene rings is 2. The van der Waals surface area contributed by atoms with Crippen LogP contribution in [0.15, 0.2) is 48.5 Å². The third kappa shape index (κ3) is 8.41. The highest BCUT2D eigenvalue weighted by Gasteiger charge is 2.32. The number of methoxy groups -OCH3 is 1. The van der Waals surface area contributed by atoms with Crippen LogP contribution in [-0.4, -0.2) is 86.0 Å². The summed E-state index contributed by atoms with van der Waals surface area (Å²) in [5, 5.41) is 1.16. The van der Waals surface area contributed by atoms with Gasteiger partial charge in [-0.2, -0.15) is 4.31 Å². The Bertz CT molecular complexity index is 1170. The summed E-state index contributed by atoms with van der Waals surface area (Å²) in [4.78, 5) is 30.2. The maximum atomic E-state index is 13.7. The molecule has 0 N–H and O–H groups in total. The highest BCUT2D eigenvalue weighted by molar-refractivity contribution is 7.89. The maximum absolute atomic E-state index is 13.7. The van der Waals surface area contributed by atoms with Crippen molar-refractivity contribution < 1.29 is 22.7 Å². The van der Waals surface area contributed by atoms with Crippen molar-refractivity contribution >= 4 is 45.0 Å². The molecule has 0 bridgehead atoms. The number of amides is 2. The van der Waals surface area contributed by atoms with Crippen molar-refractivity contribution in [1.82, 2.24) is 14.1 Å². The summed E-state index contributed by atoms with van der Waals surface area (Å²) in [5.74, 6) is -0.392. The van der Waals surface area contributed by atoms with E-state index >= 15 is 0 Å². The molecule has 0 radical (unpaired) electrons. The average molecular weight is 585 g/mol. The van der Waals surface area contributed by atoms with Crippen LogP contribution in [0.5, 0.6) is 0 Å². The number of carbonyl (C=O) groups excluding carboxylic acids is 2. The zero-order chi connectivity index (χ0) is 27.7. The molecule has 38 heavy (non-hydrogen) atoms. The van der Waals surface area contributed by atoms with E-state index < -0.39 is 10.0 Å². The van der Waals surface area contributed by atoms with Crippen LogP contribution in [0.4, 0.5) is 0 Å². The van der Waals surface area contributed by atoms with Crippen LogP contribution in [0.3, 0.4) is 0 Å². The van der Waals surface area contributed by atoms with Gasteiger partial charge in [0.1, 0.15) is 0 Å². The van der Waals surface area contributed by atoms with Gasteiger partial charge in [0.25, 0.3) is 5.91 Å². The van der Waals surface area contributed by atoms with Gasteiger partial charge < -0.3 is 14.5 Å². The lowest BCUT2D eigenvalue weighted by Gasteiger charge is -2.39. The Kier molecular flexibility index (Phi) is 11.4. The highest BCUT2D eigenvalue weighted by Crippen LogP contribution is 2.23. The van der Waals surface area contributed by atoms with Gasteiger partial charge in [0.15, 0.2) is 0 Å². The first-order valence-electron chi connectivity index (χ1n) is 12.7. The number of piperidine rings is 1. The van der Waals surface area contributed by atoms with Gasteiger partial charge in [0.05, 0.1) is 18.9 Å². The number of likely N-dealkylation sites (tertiary alicyclic amines) is 1. The Morgan fingerprint density at radius 2 is 1.58 bits per heavy atom. The van der Waals surface area contributed by atoms with Crippen molar-refractivity contribution in [2.75, 3.05) is 45.6 Å². The second kappa shape index (κ2) is 14.3. The maximum Gasteiger partial charge on any atom is 0.253 e. The topological polar surface area (TPSA) is 87.2 Å². The number of ether oxygens (including phenoxy) is 1. The summed E-state index contributed by atoms with van der Waals surface area (Å²) >= 11 is 12.0. The number of carbonyl (C=O) groups is 2. The minimum absolute atomic E-state index is 0.0353. The summed E-state index contributed by atoms with van der Waals surface area (Å²) < 4.78 is 32.1. The first-order valence-corrected chi connectivity index (χ1v) is 15.1. The van der Waals surface area contributed by atoms with Crippen molar-refractivity contribution in [3.8, 4) is 0 Å². The van der Waals surface area contributed by atoms with Crippen LogP contribution >= 0.6 is 23.2 Å². The number of hydrogen-bond acceptors (Lipinski definition) is 5. The van der Waals surface area contributed by atoms with Crippen LogP contribution in [-0.2, 0) is 26.1 Å². The molecule has 3 rings (SSSR count). The molecule has 8 nitrogen and oxygen atoms in total. The van der Waals surface area contributed by atoms with Crippen LogP contribution in [0.1, 0.15) is 42.1 Å². The van der Waals surface area contributed by atoms with Gasteiger partial charge in [-0.25, -0.2) is 8.42 Å². The van der Waals surface area contributed by atoms with Crippen molar-refractivity contribution in [2.24, 2.45) is 0 Å². The summed E-state index contributed by atoms with van der Waals surface area (Å²) in [7, 11) is -2.11. The molecule has 0 aromatic heterocycles. The summed E-state index contributed by atoms with van der Waals surface area (Å²) in [6, 6.07) is 13.9. The SMILES string of the molecule is CCCS(=O)(=O)N(CCOC)CC(=O)N(Cc1ccc(Cl)cc1)C1CCN(C(=O)c2ccc(Cl)cc2)CC1. The molecule has 2 amide bonds. The van der Waals surface area contributed by atoms with Gasteiger partial charge in [0, 0.05) is 54.9 Å². The fraction of sp³-hybridized carbons (Fsp3) is 0.481. The van der Waals surface area contributed by atoms with E-state index in [1.54, 1.807) is 53.1 Å². The van der Waals surface area contributed by atoms with Crippen LogP contribution in [0, 0.1) is 0 Å². The Hall–Kier alpha value is -2.17. The van der Waals surface area contributed by atoms with Crippen molar-refractivity contribution in [3.05, 3.63) is 69.7 Å². The average Bonchev–Trinajstić information content (AvgIpc) is 2.90. The Morgan fingerprint density at radius 3 is 2.13 bits per heavy atom. The third-order valence-electron chi connectivity index (χ3n) is 6.58. The lowest BCUT2D eigenvalue weighted by molar-refractivity contribution is -0.135. The minimum Gasteiger partial charge on any atom is -0.383 e. The Labute approximate surface area is 235 Å². The number of hydrogen-bond donors (Lipinski definition) is 0. The predicted molar refractivity (Wildman–Crippen MR) is 150 cm³/mol. The lowest BCUT2D eigenvalue weighted by atomic mass is 10.0. The standard InChI is InChI=1S/C27H35Cl2N3O5S/c1-3-18-38(35,36)31(16-17-37-2)20-26(33)32(19-21-4-8-23(28)9-5-21)25-12-14-30(15-13-25)27(34)22-6-10-24(29)11-7-22/h4-11,25H,3,12-20H2,1-2H3. The molecule has 1 saturated heterocycles. The van der Waals surface area contributed by atoms with Crippen LogP contribution < -0.4 is 0 Å². The molecule has 11 heteroatoms. The fourth-order valence-electron chi connectivity index (χ4n) is 4.50. The van der Waals surface area contributed by atoms with Gasteiger partial charge in [-0.1, -0.05) is 42.3 Å². The van der Waals surface area contributed by atoms with Gasteiger partial charge in [0.2, 0.25) is 15.9 Å². The van der Waals surface area contributed by atoms with E-state index in [2.05, 4.69) is 0 Å². The molecular formula is C27H35Cl2N3O5S. The summed E-state index contributed by atoms with van der Waals surface area (Å²) in [6.07, 6.45) is 1.62. The number of halogens is 2. The largest absolute Gasteiger partial charge is 0.383 e. The molecular weight excluding hydrogens is 549 g/mol. The van der Waals surface area contributed by atoms with Gasteiger partial charge in [-0.15, -0.1) is 0 Å². The summed E-state index contributed by atoms with van der Waals surface area (Å²) in [5.41, 5.74) is 1.46. The molecule has 0 aliphatic carbocycles. The molecule has 1 aliphatic rings. The molecule has 2 aromatic carbocycles. The molecule has 1 aliphatic heterocycles. The molecule has 1 heterocycles. The molecule has 1 fully saturated rings. The molecule has 0 saturated carbocycles. The first kappa shape index (κ1) is 30.4. The molecule has 0 unspecified atom stereocenters. The minimum atomic E-state index is -3.61. The van der Waals surface area contributed by atoms with E-state index in [0.717, 1.165) is 5.56 Å². The van der Waals surface area contributed by atoms with Crippen LogP contribution in [0.25, 0.3) is 0 Å². The molecule has 208 valence electrons. The molecule has 2 aromatic rings. The summed E-state index contributed by atoms with van der Waals surface area (Å²) in [6.45, 7) is 3.11. The zero-order valence-corrected chi connectivity index (χ0v) is 24.1. The van der Waals surface area contributed by atoms with Gasteiger partial charge >= 0.3 is 0 Å². The normalized spacial score (nSPS) is 14.6. The number of sulfonamides is 1. The quantitative estimate of drug-likeness (QED) is 0.371. The number of nitrogens with zero attached hydrogens (tertiary/aromatic N) is 3. The molecule has 0 spiro atoms. The highest BCUT2D eigenvalue weighted by atomic mass is 35.5. The third-order valence-corrected chi connectivity index (χ3v) is 9.11. The second-order valence-electron chi connectivity index (χ2n) is 9.32. The van der Waals surface area contributed by atoms with E-state index in [9.17, 15) is 18.0 Å². The van der Waals surface area contributed by atoms with Crippen molar-refractivity contribution in [3.63, 3.8) is 0 Å². The van der Waals surface area contributed by atoms with E-state index in [4.69, 9.17) is 27.9 Å². The number of rotatable bonds is 12. The fourth-order valence-corrected chi connectivity index (χ4v) is 6.19. The second-order valence-corrected chi connectivity index (χ2v) is 12.3. The van der Waals surface area contributed by atoms with Gasteiger partial charge in [-0.05, 0) is 61.2 Å². The monoisotopic (exact) mass is 583 g/mol. The predicted octanol–water partition coefficient (Wildman–Crippen LogP) is 4.32. The smallest absolute Gasteiger partial charge is 0.253 e. The zero-order valence-electron chi connectivity index (χ0n) is 21.8. The van der Waals surface area contributed by atoms with Crippen molar-refractivity contribution in [2.45, 2.75) is 38.8 Å². The van der Waals surface area contributed by atoms with E-state index in [1.165, 1.54) is 11.4 Å². The Morgan fingerprint density at radius 1 is 1.00 bits per heavy atom. The molecule has 0 atom stereocenters. The van der Waals surface area contributed by atoms with Gasteiger partial charge in [-0.3, -0.25) is 9.59 Å². The van der Waals surface area contributed by atoms with Crippen molar-refractivity contribution in [1.29, 1.82) is 0 Å².